The number of carbonyl (C=O) groups is 1. The monoisotopic (exact) mass is 432 g/mol. The van der Waals surface area contributed by atoms with Crippen LogP contribution in [0.4, 0.5) is 5.69 Å². The molecule has 0 aliphatic carbocycles. The largest absolute Gasteiger partial charge is 0.411 e. The van der Waals surface area contributed by atoms with Gasteiger partial charge >= 0.3 is 11.8 Å². The molecule has 1 amide bonds. The number of aryl methyl sites for hydroxylation is 2. The molecular weight excluding hydrogens is 412 g/mol. The molecule has 1 N–H and O–H groups in total. The average molecular weight is 433 g/mol. The molecule has 0 bridgehead atoms. The van der Waals surface area contributed by atoms with E-state index in [1.807, 2.05) is 19.1 Å². The number of likely N-dealkylation sites (tertiary alicyclic amines) is 1. The van der Waals surface area contributed by atoms with Crippen molar-refractivity contribution in [1.29, 1.82) is 0 Å². The van der Waals surface area contributed by atoms with Gasteiger partial charge in [0.25, 0.3) is 15.9 Å². The topological polar surface area (TPSA) is 105 Å². The van der Waals surface area contributed by atoms with Crippen molar-refractivity contribution < 1.29 is 17.6 Å². The van der Waals surface area contributed by atoms with Gasteiger partial charge in [-0.2, -0.15) is 0 Å². The van der Waals surface area contributed by atoms with Crippen LogP contribution in [0, 0.1) is 13.8 Å². The van der Waals surface area contributed by atoms with Crippen molar-refractivity contribution in [1.82, 2.24) is 15.1 Å². The fourth-order valence-electron chi connectivity index (χ4n) is 3.19. The zero-order valence-electron chi connectivity index (χ0n) is 16.0. The van der Waals surface area contributed by atoms with Crippen LogP contribution in [0.2, 0.25) is 0 Å². The Kier molecular flexibility index (Phi) is 5.13. The van der Waals surface area contributed by atoms with Crippen LogP contribution in [0.3, 0.4) is 0 Å². The van der Waals surface area contributed by atoms with Crippen LogP contribution in [0.5, 0.6) is 0 Å². The molecule has 0 saturated carbocycles. The van der Waals surface area contributed by atoms with Crippen LogP contribution in [0.25, 0.3) is 10.8 Å². The van der Waals surface area contributed by atoms with Gasteiger partial charge in [0.05, 0.1) is 10.6 Å². The SMILES string of the molecule is Cc1ccccc1NS(=O)(=O)c1cc(-c2nnc(C(=O)N3CCCC3)o2)sc1C. The molecule has 3 aromatic rings. The van der Waals surface area contributed by atoms with Gasteiger partial charge in [-0.05, 0) is 44.4 Å². The molecule has 152 valence electrons. The van der Waals surface area contributed by atoms with Crippen LogP contribution in [0.1, 0.15) is 34.0 Å². The van der Waals surface area contributed by atoms with E-state index >= 15 is 0 Å². The number of anilines is 1. The van der Waals surface area contributed by atoms with Crippen molar-refractivity contribution in [3.05, 3.63) is 46.7 Å². The second-order valence-electron chi connectivity index (χ2n) is 6.86. The molecule has 0 atom stereocenters. The third kappa shape index (κ3) is 3.90. The van der Waals surface area contributed by atoms with E-state index < -0.39 is 10.0 Å². The molecule has 10 heteroatoms. The van der Waals surface area contributed by atoms with Gasteiger partial charge in [0.2, 0.25) is 0 Å². The van der Waals surface area contributed by atoms with Gasteiger partial charge in [-0.25, -0.2) is 8.42 Å². The maximum absolute atomic E-state index is 12.9. The maximum atomic E-state index is 12.9. The van der Waals surface area contributed by atoms with Crippen molar-refractivity contribution in [3.8, 4) is 10.8 Å². The Labute approximate surface area is 172 Å². The minimum absolute atomic E-state index is 0.0737. The highest BCUT2D eigenvalue weighted by Crippen LogP contribution is 2.34. The van der Waals surface area contributed by atoms with Gasteiger partial charge in [0.1, 0.15) is 4.90 Å². The number of hydrogen-bond acceptors (Lipinski definition) is 7. The summed E-state index contributed by atoms with van der Waals surface area (Å²) < 4.78 is 33.9. The van der Waals surface area contributed by atoms with Crippen molar-refractivity contribution >= 4 is 33.0 Å². The Bertz CT molecular complexity index is 1160. The molecule has 1 aliphatic rings. The molecule has 4 rings (SSSR count). The van der Waals surface area contributed by atoms with E-state index in [0.717, 1.165) is 18.4 Å². The number of sulfonamides is 1. The lowest BCUT2D eigenvalue weighted by Crippen LogP contribution is -2.27. The summed E-state index contributed by atoms with van der Waals surface area (Å²) in [5, 5.41) is 7.80. The molecule has 2 aromatic heterocycles. The first kappa shape index (κ1) is 19.6. The summed E-state index contributed by atoms with van der Waals surface area (Å²) >= 11 is 1.23. The van der Waals surface area contributed by atoms with Gasteiger partial charge < -0.3 is 9.32 Å². The van der Waals surface area contributed by atoms with Crippen LogP contribution < -0.4 is 4.72 Å². The lowest BCUT2D eigenvalue weighted by molar-refractivity contribution is 0.0754. The van der Waals surface area contributed by atoms with Crippen molar-refractivity contribution in [2.45, 2.75) is 31.6 Å². The molecule has 1 aliphatic heterocycles. The molecule has 0 radical (unpaired) electrons. The highest BCUT2D eigenvalue weighted by molar-refractivity contribution is 7.93. The Balaban J connectivity index is 1.60. The van der Waals surface area contributed by atoms with Gasteiger partial charge in [0, 0.05) is 18.0 Å². The van der Waals surface area contributed by atoms with Crippen LogP contribution >= 0.6 is 11.3 Å². The molecule has 1 fully saturated rings. The van der Waals surface area contributed by atoms with Gasteiger partial charge in [-0.15, -0.1) is 21.5 Å². The summed E-state index contributed by atoms with van der Waals surface area (Å²) in [7, 11) is -3.78. The Morgan fingerprint density at radius 3 is 2.62 bits per heavy atom. The maximum Gasteiger partial charge on any atom is 0.311 e. The minimum Gasteiger partial charge on any atom is -0.411 e. The number of benzene rings is 1. The number of rotatable bonds is 5. The summed E-state index contributed by atoms with van der Waals surface area (Å²) in [5.74, 6) is -0.225. The van der Waals surface area contributed by atoms with E-state index in [2.05, 4.69) is 14.9 Å². The second kappa shape index (κ2) is 7.60. The highest BCUT2D eigenvalue weighted by Gasteiger charge is 2.27. The number of carbonyl (C=O) groups excluding carboxylic acids is 1. The smallest absolute Gasteiger partial charge is 0.311 e. The zero-order chi connectivity index (χ0) is 20.6. The summed E-state index contributed by atoms with van der Waals surface area (Å²) in [5.41, 5.74) is 1.35. The Morgan fingerprint density at radius 1 is 1.17 bits per heavy atom. The predicted octanol–water partition coefficient (Wildman–Crippen LogP) is 3.45. The van der Waals surface area contributed by atoms with E-state index in [1.54, 1.807) is 24.0 Å². The van der Waals surface area contributed by atoms with Gasteiger partial charge in [-0.3, -0.25) is 9.52 Å². The highest BCUT2D eigenvalue weighted by atomic mass is 32.2. The van der Waals surface area contributed by atoms with Crippen molar-refractivity contribution in [2.75, 3.05) is 17.8 Å². The molecule has 3 heterocycles. The van der Waals surface area contributed by atoms with Crippen LogP contribution in [0.15, 0.2) is 39.6 Å². The predicted molar refractivity (Wildman–Crippen MR) is 109 cm³/mol. The molecule has 0 spiro atoms. The molecule has 8 nitrogen and oxygen atoms in total. The van der Waals surface area contributed by atoms with Gasteiger partial charge in [-0.1, -0.05) is 18.2 Å². The fourth-order valence-corrected chi connectivity index (χ4v) is 5.83. The summed E-state index contributed by atoms with van der Waals surface area (Å²) in [4.78, 5) is 15.3. The fraction of sp³-hybridized carbons (Fsp3) is 0.316. The third-order valence-corrected chi connectivity index (χ3v) is 7.42. The second-order valence-corrected chi connectivity index (χ2v) is 9.77. The number of nitrogens with zero attached hydrogens (tertiary/aromatic N) is 3. The van der Waals surface area contributed by atoms with Crippen molar-refractivity contribution in [3.63, 3.8) is 0 Å². The lowest BCUT2D eigenvalue weighted by atomic mass is 10.2. The quantitative estimate of drug-likeness (QED) is 0.662. The average Bonchev–Trinajstić information content (AvgIpc) is 3.43. The summed E-state index contributed by atoms with van der Waals surface area (Å²) in [6, 6.07) is 8.66. The first-order chi connectivity index (χ1) is 13.8. The summed E-state index contributed by atoms with van der Waals surface area (Å²) in [6.07, 6.45) is 1.93. The first-order valence-electron chi connectivity index (χ1n) is 9.17. The Hall–Kier alpha value is -2.72. The molecule has 0 unspecified atom stereocenters. The Morgan fingerprint density at radius 2 is 1.90 bits per heavy atom. The standard InChI is InChI=1S/C19H20N4O4S2/c1-12-7-3-4-8-14(12)22-29(25,26)16-11-15(28-13(16)2)17-20-21-18(27-17)19(24)23-9-5-6-10-23/h3-4,7-8,11,22H,5-6,9-10H2,1-2H3. The number of amides is 1. The summed E-state index contributed by atoms with van der Waals surface area (Å²) in [6.45, 7) is 4.91. The normalized spacial score (nSPS) is 14.3. The van der Waals surface area contributed by atoms with E-state index in [4.69, 9.17) is 4.42 Å². The molecule has 1 aromatic carbocycles. The number of thiophene rings is 1. The number of aromatic nitrogens is 2. The molecule has 1 saturated heterocycles. The number of para-hydroxylation sites is 1. The van der Waals surface area contributed by atoms with Crippen molar-refractivity contribution in [2.24, 2.45) is 0 Å². The molecule has 29 heavy (non-hydrogen) atoms. The van der Waals surface area contributed by atoms with Gasteiger partial charge in [0.15, 0.2) is 0 Å². The number of nitrogens with one attached hydrogen (secondary N) is 1. The van der Waals surface area contributed by atoms with E-state index in [9.17, 15) is 13.2 Å². The zero-order valence-corrected chi connectivity index (χ0v) is 17.6. The van der Waals surface area contributed by atoms with E-state index in [-0.39, 0.29) is 22.6 Å². The minimum atomic E-state index is -3.78. The number of hydrogen-bond donors (Lipinski definition) is 1. The first-order valence-corrected chi connectivity index (χ1v) is 11.5. The van der Waals surface area contributed by atoms with E-state index in [0.29, 0.717) is 28.5 Å². The van der Waals surface area contributed by atoms with E-state index in [1.165, 1.54) is 17.4 Å². The van der Waals surface area contributed by atoms with Crippen LogP contribution in [-0.2, 0) is 10.0 Å². The third-order valence-electron chi connectivity index (χ3n) is 4.76. The molecular formula is C19H20N4O4S2. The van der Waals surface area contributed by atoms with Crippen LogP contribution in [-0.4, -0.2) is 42.5 Å². The lowest BCUT2D eigenvalue weighted by Gasteiger charge is -2.11.